The van der Waals surface area contributed by atoms with Gasteiger partial charge < -0.3 is 44.0 Å². The summed E-state index contributed by atoms with van der Waals surface area (Å²) in [6, 6.07) is -3.94. The summed E-state index contributed by atoms with van der Waals surface area (Å²) in [7, 11) is 0. The molecule has 0 saturated carbocycles. The van der Waals surface area contributed by atoms with Crippen LogP contribution in [-0.4, -0.2) is 72.0 Å². The van der Waals surface area contributed by atoms with E-state index in [2.05, 4.69) is 20.9 Å². The number of carboxylic acids is 1. The van der Waals surface area contributed by atoms with E-state index in [1.807, 2.05) is 0 Å². The number of nitrogens with zero attached hydrogens (tertiary/aromatic N) is 1. The Morgan fingerprint density at radius 3 is 1.86 bits per heavy atom. The number of nitrogens with two attached hydrogens (primary N) is 4. The summed E-state index contributed by atoms with van der Waals surface area (Å²) in [4.78, 5) is 53.9. The Bertz CT molecular complexity index is 725. The zero-order chi connectivity index (χ0) is 27.1. The molecular weight excluding hydrogens is 456 g/mol. The van der Waals surface area contributed by atoms with Crippen molar-refractivity contribution in [3.8, 4) is 0 Å². The lowest BCUT2D eigenvalue weighted by Gasteiger charge is -2.27. The van der Waals surface area contributed by atoms with Crippen LogP contribution >= 0.6 is 0 Å². The molecule has 4 unspecified atom stereocenters. The third kappa shape index (κ3) is 12.9. The number of aliphatic carboxylic acids is 1. The third-order valence-electron chi connectivity index (χ3n) is 5.41. The van der Waals surface area contributed by atoms with Crippen molar-refractivity contribution < 1.29 is 24.3 Å². The predicted molar refractivity (Wildman–Crippen MR) is 134 cm³/mol. The third-order valence-corrected chi connectivity index (χ3v) is 5.41. The molecule has 35 heavy (non-hydrogen) atoms. The van der Waals surface area contributed by atoms with E-state index in [-0.39, 0.29) is 37.2 Å². The minimum Gasteiger partial charge on any atom is -0.480 e. The second-order valence-electron chi connectivity index (χ2n) is 9.19. The molecule has 0 aromatic rings. The summed E-state index contributed by atoms with van der Waals surface area (Å²) in [6.07, 6.45) is 1.83. The first kappa shape index (κ1) is 32.1. The van der Waals surface area contributed by atoms with E-state index in [9.17, 15) is 24.3 Å². The van der Waals surface area contributed by atoms with Gasteiger partial charge in [0.2, 0.25) is 17.7 Å². The molecule has 12 N–H and O–H groups in total. The number of carboxylic acid groups (broad SMARTS) is 1. The lowest BCUT2D eigenvalue weighted by Crippen LogP contribution is -2.58. The molecule has 0 aliphatic rings. The summed E-state index contributed by atoms with van der Waals surface area (Å²) in [5.41, 5.74) is 22.0. The van der Waals surface area contributed by atoms with Crippen LogP contribution in [0.2, 0.25) is 0 Å². The van der Waals surface area contributed by atoms with E-state index in [1.165, 1.54) is 0 Å². The van der Waals surface area contributed by atoms with Crippen LogP contribution < -0.4 is 38.9 Å². The summed E-state index contributed by atoms with van der Waals surface area (Å²) in [5.74, 6) is -3.44. The molecule has 0 aliphatic carbocycles. The summed E-state index contributed by atoms with van der Waals surface area (Å²) in [5, 5.41) is 17.3. The Hall–Kier alpha value is -2.93. The molecule has 0 saturated heterocycles. The van der Waals surface area contributed by atoms with Gasteiger partial charge in [-0.1, -0.05) is 27.7 Å². The SMILES string of the molecule is CC(C)C(N)C(=O)NC(C(=O)NC(CCCN=C(N)N)C(=O)NC(CCCCN)C(=O)O)C(C)C. The summed E-state index contributed by atoms with van der Waals surface area (Å²) >= 11 is 0. The maximum atomic E-state index is 13.1. The summed E-state index contributed by atoms with van der Waals surface area (Å²) < 4.78 is 0. The van der Waals surface area contributed by atoms with E-state index in [4.69, 9.17) is 22.9 Å². The topological polar surface area (TPSA) is 241 Å². The number of guanidine groups is 1. The smallest absolute Gasteiger partial charge is 0.326 e. The number of hydrogen-bond acceptors (Lipinski definition) is 7. The average Bonchev–Trinajstić information content (AvgIpc) is 2.77. The quantitative estimate of drug-likeness (QED) is 0.0646. The fraction of sp³-hybridized carbons (Fsp3) is 0.773. The minimum absolute atomic E-state index is 0.107. The van der Waals surface area contributed by atoms with Gasteiger partial charge in [-0.2, -0.15) is 0 Å². The Morgan fingerprint density at radius 1 is 0.800 bits per heavy atom. The molecule has 13 heteroatoms. The zero-order valence-corrected chi connectivity index (χ0v) is 21.3. The van der Waals surface area contributed by atoms with Gasteiger partial charge in [0.15, 0.2) is 5.96 Å². The van der Waals surface area contributed by atoms with Crippen LogP contribution in [0.25, 0.3) is 0 Å². The Balaban J connectivity index is 5.54. The molecule has 13 nitrogen and oxygen atoms in total. The van der Waals surface area contributed by atoms with Gasteiger partial charge in [0.25, 0.3) is 0 Å². The molecule has 0 fully saturated rings. The van der Waals surface area contributed by atoms with Gasteiger partial charge in [-0.3, -0.25) is 19.4 Å². The van der Waals surface area contributed by atoms with Crippen molar-refractivity contribution in [1.82, 2.24) is 16.0 Å². The van der Waals surface area contributed by atoms with Crippen LogP contribution in [-0.2, 0) is 19.2 Å². The highest BCUT2D eigenvalue weighted by Crippen LogP contribution is 2.08. The van der Waals surface area contributed by atoms with Crippen LogP contribution in [0, 0.1) is 11.8 Å². The van der Waals surface area contributed by atoms with Crippen molar-refractivity contribution in [2.24, 2.45) is 39.8 Å². The molecular formula is C22H44N8O5. The summed E-state index contributed by atoms with van der Waals surface area (Å²) in [6.45, 7) is 7.70. The van der Waals surface area contributed by atoms with Crippen LogP contribution in [0.15, 0.2) is 4.99 Å². The van der Waals surface area contributed by atoms with Crippen molar-refractivity contribution in [2.45, 2.75) is 84.0 Å². The van der Waals surface area contributed by atoms with Gasteiger partial charge in [0.05, 0.1) is 6.04 Å². The van der Waals surface area contributed by atoms with E-state index < -0.39 is 47.9 Å². The maximum absolute atomic E-state index is 13.1. The second-order valence-corrected chi connectivity index (χ2v) is 9.19. The zero-order valence-electron chi connectivity index (χ0n) is 21.3. The molecule has 0 radical (unpaired) electrons. The van der Waals surface area contributed by atoms with Gasteiger partial charge in [-0.15, -0.1) is 0 Å². The molecule has 0 spiro atoms. The molecule has 0 bridgehead atoms. The first-order chi connectivity index (χ1) is 16.3. The Labute approximate surface area is 207 Å². The van der Waals surface area contributed by atoms with Crippen molar-refractivity contribution in [3.63, 3.8) is 0 Å². The van der Waals surface area contributed by atoms with Gasteiger partial charge >= 0.3 is 5.97 Å². The number of aliphatic imine (C=N–C) groups is 1. The first-order valence-electron chi connectivity index (χ1n) is 12.0. The van der Waals surface area contributed by atoms with E-state index >= 15 is 0 Å². The van der Waals surface area contributed by atoms with E-state index in [0.717, 1.165) is 0 Å². The van der Waals surface area contributed by atoms with Crippen LogP contribution in [0.4, 0.5) is 0 Å². The van der Waals surface area contributed by atoms with Crippen LogP contribution in [0.5, 0.6) is 0 Å². The normalized spacial score (nSPS) is 14.5. The van der Waals surface area contributed by atoms with Crippen molar-refractivity contribution in [2.75, 3.05) is 13.1 Å². The molecule has 0 aromatic heterocycles. The molecule has 0 rings (SSSR count). The van der Waals surface area contributed by atoms with Gasteiger partial charge in [-0.25, -0.2) is 4.79 Å². The standard InChI is InChI=1S/C22H44N8O5/c1-12(2)16(24)19(32)30-17(13(3)4)20(33)28-14(9-7-11-27-22(25)26)18(31)29-15(21(34)35)8-5-6-10-23/h12-17H,5-11,23-24H2,1-4H3,(H,28,33)(H,29,31)(H,30,32)(H,34,35)(H4,25,26,27). The van der Waals surface area contributed by atoms with E-state index in [1.54, 1.807) is 27.7 Å². The highest BCUT2D eigenvalue weighted by molar-refractivity contribution is 5.94. The van der Waals surface area contributed by atoms with E-state index in [0.29, 0.717) is 25.8 Å². The number of amides is 3. The number of nitrogens with one attached hydrogen (secondary N) is 3. The number of hydrogen-bond donors (Lipinski definition) is 8. The highest BCUT2D eigenvalue weighted by atomic mass is 16.4. The first-order valence-corrected chi connectivity index (χ1v) is 12.0. The lowest BCUT2D eigenvalue weighted by atomic mass is 9.99. The number of carbonyl (C=O) groups is 4. The molecule has 4 atom stereocenters. The van der Waals surface area contributed by atoms with Crippen LogP contribution in [0.3, 0.4) is 0 Å². The largest absolute Gasteiger partial charge is 0.480 e. The lowest BCUT2D eigenvalue weighted by molar-refractivity contribution is -0.142. The fourth-order valence-electron chi connectivity index (χ4n) is 3.14. The Kier molecular flexibility index (Phi) is 15.3. The number of rotatable bonds is 17. The van der Waals surface area contributed by atoms with Crippen molar-refractivity contribution >= 4 is 29.7 Å². The molecule has 0 aromatic carbocycles. The number of unbranched alkanes of at least 4 members (excludes halogenated alkanes) is 1. The predicted octanol–water partition coefficient (Wildman–Crippen LogP) is -1.65. The highest BCUT2D eigenvalue weighted by Gasteiger charge is 2.31. The average molecular weight is 501 g/mol. The van der Waals surface area contributed by atoms with Gasteiger partial charge in [-0.05, 0) is 50.5 Å². The molecule has 0 heterocycles. The molecule has 3 amide bonds. The van der Waals surface area contributed by atoms with Crippen molar-refractivity contribution in [3.05, 3.63) is 0 Å². The van der Waals surface area contributed by atoms with Gasteiger partial charge in [0, 0.05) is 6.54 Å². The number of carbonyl (C=O) groups excluding carboxylic acids is 3. The van der Waals surface area contributed by atoms with Crippen molar-refractivity contribution in [1.29, 1.82) is 0 Å². The second kappa shape index (κ2) is 16.7. The molecule has 202 valence electrons. The Morgan fingerprint density at radius 2 is 1.37 bits per heavy atom. The van der Waals surface area contributed by atoms with Gasteiger partial charge in [0.1, 0.15) is 18.1 Å². The van der Waals surface area contributed by atoms with Crippen LogP contribution in [0.1, 0.15) is 59.8 Å². The maximum Gasteiger partial charge on any atom is 0.326 e. The molecule has 0 aliphatic heterocycles. The fourth-order valence-corrected chi connectivity index (χ4v) is 3.14. The minimum atomic E-state index is -1.18. The monoisotopic (exact) mass is 500 g/mol.